The molecule has 3 N–H and O–H groups in total. The van der Waals surface area contributed by atoms with E-state index < -0.39 is 23.8 Å². The first-order chi connectivity index (χ1) is 17.8. The van der Waals surface area contributed by atoms with Crippen molar-refractivity contribution >= 4 is 46.0 Å². The Labute approximate surface area is 214 Å². The number of nitrogens with one attached hydrogen (secondary N) is 1. The van der Waals surface area contributed by atoms with Crippen LogP contribution in [0.25, 0.3) is 22.3 Å². The van der Waals surface area contributed by atoms with Gasteiger partial charge in [-0.05, 0) is 83.9 Å². The van der Waals surface area contributed by atoms with E-state index in [1.165, 1.54) is 47.8 Å². The van der Waals surface area contributed by atoms with Crippen molar-refractivity contribution in [1.29, 1.82) is 0 Å². The number of rotatable bonds is 8. The second kappa shape index (κ2) is 10.0. The molecule has 1 aliphatic rings. The first kappa shape index (κ1) is 25.0. The Morgan fingerprint density at radius 2 is 1.78 bits per heavy atom. The van der Waals surface area contributed by atoms with Crippen LogP contribution in [0.4, 0.5) is 10.1 Å². The van der Waals surface area contributed by atoms with Gasteiger partial charge in [0.2, 0.25) is 10.9 Å². The molecule has 0 bridgehead atoms. The van der Waals surface area contributed by atoms with Gasteiger partial charge >= 0.3 is 7.12 Å². The lowest BCUT2D eigenvalue weighted by Crippen LogP contribution is -2.30. The van der Waals surface area contributed by atoms with E-state index in [0.29, 0.717) is 33.5 Å². The number of hydrogen-bond donors (Lipinski definition) is 4. The van der Waals surface area contributed by atoms with Crippen LogP contribution in [-0.2, 0) is 17.4 Å². The van der Waals surface area contributed by atoms with Gasteiger partial charge in [-0.25, -0.2) is 12.8 Å². The van der Waals surface area contributed by atoms with E-state index in [4.69, 9.17) is 4.42 Å². The highest BCUT2D eigenvalue weighted by Crippen LogP contribution is 2.45. The van der Waals surface area contributed by atoms with Crippen LogP contribution in [-0.4, -0.2) is 38.5 Å². The number of carbonyl (C=O) groups excluding carboxylic acids is 1. The van der Waals surface area contributed by atoms with E-state index in [9.17, 15) is 27.7 Å². The topological polar surface area (TPSA) is 120 Å². The zero-order valence-corrected chi connectivity index (χ0v) is 20.7. The Kier molecular flexibility index (Phi) is 6.76. The third-order valence-corrected chi connectivity index (χ3v) is 7.30. The fourth-order valence-corrected chi connectivity index (χ4v) is 5.08. The fraction of sp³-hybridized carbons (Fsp3) is 0.192. The molecule has 0 atom stereocenters. The molecule has 1 saturated carbocycles. The summed E-state index contributed by atoms with van der Waals surface area (Å²) in [5, 5.41) is 21.9. The average molecular weight is 522 g/mol. The summed E-state index contributed by atoms with van der Waals surface area (Å²) < 4.78 is 45.3. The molecular weight excluding hydrogens is 498 g/mol. The maximum Gasteiger partial charge on any atom is 0.488 e. The van der Waals surface area contributed by atoms with Gasteiger partial charge in [0.1, 0.15) is 17.2 Å². The number of hydrogen-bond acceptors (Lipinski definition) is 6. The summed E-state index contributed by atoms with van der Waals surface area (Å²) in [6.45, 7) is 0.0311. The van der Waals surface area contributed by atoms with E-state index in [2.05, 4.69) is 5.32 Å². The summed E-state index contributed by atoms with van der Waals surface area (Å²) in [7, 11) is -3.15. The molecule has 0 unspecified atom stereocenters. The standard InChI is InChI=1S/C26H24BFN2O6S/c1-29-26(31)24-22-13-21(15-2-3-15)17(12-23(22)36-25(24)16-4-8-19(28)9-5-16)14-30(37(34)35)20-10-6-18(7-11-20)27(32)33/h4-13,15,32-33,37H,2-3,14H2,1H3,(H,29,31). The van der Waals surface area contributed by atoms with Crippen LogP contribution < -0.4 is 15.1 Å². The van der Waals surface area contributed by atoms with Gasteiger partial charge in [0.25, 0.3) is 5.91 Å². The van der Waals surface area contributed by atoms with Crippen molar-refractivity contribution in [3.05, 3.63) is 83.2 Å². The monoisotopic (exact) mass is 522 g/mol. The highest BCUT2D eigenvalue weighted by molar-refractivity contribution is 7.74. The van der Waals surface area contributed by atoms with Crippen LogP contribution in [0.15, 0.2) is 65.1 Å². The van der Waals surface area contributed by atoms with E-state index in [1.54, 1.807) is 18.2 Å². The average Bonchev–Trinajstić information content (AvgIpc) is 3.67. The fourth-order valence-electron chi connectivity index (χ4n) is 4.49. The minimum absolute atomic E-state index is 0.0311. The van der Waals surface area contributed by atoms with E-state index >= 15 is 0 Å². The molecule has 1 fully saturated rings. The van der Waals surface area contributed by atoms with E-state index in [1.807, 2.05) is 6.07 Å². The summed E-state index contributed by atoms with van der Waals surface area (Å²) in [6.07, 6.45) is 1.90. The number of fused-ring (bicyclic) bond motifs is 1. The summed E-state index contributed by atoms with van der Waals surface area (Å²) >= 11 is 0. The van der Waals surface area contributed by atoms with Crippen molar-refractivity contribution in [3.63, 3.8) is 0 Å². The van der Waals surface area contributed by atoms with E-state index in [0.717, 1.165) is 24.0 Å². The molecule has 1 amide bonds. The Morgan fingerprint density at radius 3 is 2.35 bits per heavy atom. The largest absolute Gasteiger partial charge is 0.488 e. The lowest BCUT2D eigenvalue weighted by atomic mass is 9.80. The van der Waals surface area contributed by atoms with Crippen molar-refractivity contribution in [1.82, 2.24) is 5.32 Å². The molecule has 190 valence electrons. The first-order valence-electron chi connectivity index (χ1n) is 11.7. The molecule has 8 nitrogen and oxygen atoms in total. The lowest BCUT2D eigenvalue weighted by molar-refractivity contribution is 0.0964. The van der Waals surface area contributed by atoms with Crippen LogP contribution in [0, 0.1) is 5.82 Å². The number of carbonyl (C=O) groups is 1. The molecule has 0 radical (unpaired) electrons. The number of amides is 1. The molecule has 37 heavy (non-hydrogen) atoms. The predicted octanol–water partition coefficient (Wildman–Crippen LogP) is 2.69. The number of nitrogens with zero attached hydrogens (tertiary/aromatic N) is 1. The Bertz CT molecular complexity index is 1540. The highest BCUT2D eigenvalue weighted by atomic mass is 32.2. The van der Waals surface area contributed by atoms with Gasteiger partial charge in [0.05, 0.1) is 17.8 Å². The summed E-state index contributed by atoms with van der Waals surface area (Å²) in [5.74, 6) is -0.214. The van der Waals surface area contributed by atoms with Gasteiger partial charge in [-0.1, -0.05) is 12.1 Å². The molecule has 0 saturated heterocycles. The van der Waals surface area contributed by atoms with Gasteiger partial charge in [-0.2, -0.15) is 0 Å². The van der Waals surface area contributed by atoms with Gasteiger partial charge in [-0.3, -0.25) is 9.10 Å². The van der Waals surface area contributed by atoms with Gasteiger partial charge in [0, 0.05) is 18.0 Å². The molecule has 1 aliphatic carbocycles. The first-order valence-corrected chi connectivity index (χ1v) is 12.8. The van der Waals surface area contributed by atoms with Crippen LogP contribution in [0.1, 0.15) is 40.2 Å². The number of furan rings is 1. The molecule has 1 heterocycles. The van der Waals surface area contributed by atoms with Gasteiger partial charge < -0.3 is 19.8 Å². The maximum absolute atomic E-state index is 13.5. The number of thiol groups is 1. The van der Waals surface area contributed by atoms with Crippen LogP contribution in [0.2, 0.25) is 0 Å². The molecule has 4 aromatic rings. The number of benzene rings is 3. The predicted molar refractivity (Wildman–Crippen MR) is 140 cm³/mol. The second-order valence-electron chi connectivity index (χ2n) is 8.97. The van der Waals surface area contributed by atoms with Gasteiger partial charge in [-0.15, -0.1) is 0 Å². The molecular formula is C26H24BFN2O6S. The van der Waals surface area contributed by atoms with Crippen molar-refractivity contribution in [2.75, 3.05) is 11.4 Å². The summed E-state index contributed by atoms with van der Waals surface area (Å²) in [6, 6.07) is 15.3. The van der Waals surface area contributed by atoms with Crippen LogP contribution in [0.3, 0.4) is 0 Å². The molecule has 0 aliphatic heterocycles. The van der Waals surface area contributed by atoms with Crippen molar-refractivity contribution in [2.45, 2.75) is 25.3 Å². The van der Waals surface area contributed by atoms with Crippen LogP contribution >= 0.6 is 0 Å². The van der Waals surface area contributed by atoms with E-state index in [-0.39, 0.29) is 23.8 Å². The minimum Gasteiger partial charge on any atom is -0.455 e. The quantitative estimate of drug-likeness (QED) is 0.209. The minimum atomic E-state index is -3.02. The summed E-state index contributed by atoms with van der Waals surface area (Å²) in [5.41, 5.74) is 3.59. The van der Waals surface area contributed by atoms with Crippen molar-refractivity contribution < 1.29 is 32.1 Å². The smallest absolute Gasteiger partial charge is 0.455 e. The third kappa shape index (κ3) is 4.98. The molecule has 5 rings (SSSR count). The molecule has 1 aromatic heterocycles. The summed E-state index contributed by atoms with van der Waals surface area (Å²) in [4.78, 5) is 12.9. The zero-order chi connectivity index (χ0) is 26.3. The second-order valence-corrected chi connectivity index (χ2v) is 9.93. The van der Waals surface area contributed by atoms with Crippen molar-refractivity contribution in [3.8, 4) is 11.3 Å². The number of halogens is 1. The lowest BCUT2D eigenvalue weighted by Gasteiger charge is -2.20. The van der Waals surface area contributed by atoms with Crippen LogP contribution in [0.5, 0.6) is 0 Å². The Morgan fingerprint density at radius 1 is 1.11 bits per heavy atom. The Hall–Kier alpha value is -3.67. The Balaban J connectivity index is 1.62. The maximum atomic E-state index is 13.5. The molecule has 3 aromatic carbocycles. The SMILES string of the molecule is CNC(=O)c1c(-c2ccc(F)cc2)oc2cc(CN(c3ccc(B(O)O)cc3)[SH](=O)=O)c(C3CC3)cc12. The van der Waals surface area contributed by atoms with Crippen molar-refractivity contribution in [2.24, 2.45) is 0 Å². The zero-order valence-electron chi connectivity index (χ0n) is 19.8. The highest BCUT2D eigenvalue weighted by Gasteiger charge is 2.30. The normalized spacial score (nSPS) is 13.2. The van der Waals surface area contributed by atoms with Gasteiger partial charge in [0.15, 0.2) is 0 Å². The number of anilines is 1. The molecule has 0 spiro atoms. The third-order valence-electron chi connectivity index (χ3n) is 6.53. The molecule has 11 heteroatoms.